The molecule has 2 atom stereocenters. The number of phenolic OH excluding ortho intramolecular Hbond substituents is 2. The van der Waals surface area contributed by atoms with Gasteiger partial charge in [0.2, 0.25) is 5.75 Å². The minimum Gasteiger partial charge on any atom is -0.504 e. The average Bonchev–Trinajstić information content (AvgIpc) is 2.31. The fourth-order valence-corrected chi connectivity index (χ4v) is 2.19. The molecule has 0 saturated carbocycles. The quantitative estimate of drug-likeness (QED) is 0.669. The van der Waals surface area contributed by atoms with Gasteiger partial charge in [0.1, 0.15) is 17.8 Å². The minimum atomic E-state index is -1.23. The normalized spacial score (nSPS) is 22.3. The van der Waals surface area contributed by atoms with Crippen LogP contribution in [0.2, 0.25) is 5.02 Å². The van der Waals surface area contributed by atoms with Crippen LogP contribution in [0.1, 0.15) is 28.9 Å². The van der Waals surface area contributed by atoms with Crippen LogP contribution in [-0.2, 0) is 4.74 Å². The first-order chi connectivity index (χ1) is 8.40. The Morgan fingerprint density at radius 2 is 1.94 bits per heavy atom. The molecule has 0 amide bonds. The van der Waals surface area contributed by atoms with Gasteiger partial charge in [-0.2, -0.15) is 0 Å². The van der Waals surface area contributed by atoms with Crippen LogP contribution in [0.25, 0.3) is 0 Å². The molecular formula is C11H11ClO6. The lowest BCUT2D eigenvalue weighted by atomic mass is 9.94. The predicted molar refractivity (Wildman–Crippen MR) is 61.2 cm³/mol. The molecule has 0 aromatic heterocycles. The van der Waals surface area contributed by atoms with Crippen LogP contribution in [0.15, 0.2) is 0 Å². The zero-order valence-electron chi connectivity index (χ0n) is 9.60. The van der Waals surface area contributed by atoms with E-state index in [-0.39, 0.29) is 21.9 Å². The summed E-state index contributed by atoms with van der Waals surface area (Å²) in [5, 5.41) is 29.3. The van der Waals surface area contributed by atoms with E-state index in [0.717, 1.165) is 0 Å². The summed E-state index contributed by atoms with van der Waals surface area (Å²) in [7, 11) is 1.20. The van der Waals surface area contributed by atoms with Crippen LogP contribution in [0.4, 0.5) is 0 Å². The molecule has 6 nitrogen and oxygen atoms in total. The Morgan fingerprint density at radius 1 is 1.33 bits per heavy atom. The topological polar surface area (TPSA) is 96.2 Å². The molecule has 7 heteroatoms. The molecule has 1 heterocycles. The number of carbonyl (C=O) groups excluding carboxylic acids is 1. The number of phenols is 2. The number of hydrogen-bond donors (Lipinski definition) is 3. The lowest BCUT2D eigenvalue weighted by Gasteiger charge is -2.29. The molecule has 1 aromatic rings. The number of hydrogen-bond acceptors (Lipinski definition) is 6. The molecule has 0 bridgehead atoms. The number of aliphatic hydroxyl groups is 1. The fraction of sp³-hybridized carbons (Fsp3) is 0.364. The lowest BCUT2D eigenvalue weighted by molar-refractivity contribution is -0.0218. The minimum absolute atomic E-state index is 0.0591. The van der Waals surface area contributed by atoms with E-state index >= 15 is 0 Å². The summed E-state index contributed by atoms with van der Waals surface area (Å²) in [4.78, 5) is 11.7. The van der Waals surface area contributed by atoms with Gasteiger partial charge in [0, 0.05) is 5.56 Å². The van der Waals surface area contributed by atoms with Crippen molar-refractivity contribution in [1.29, 1.82) is 0 Å². The summed E-state index contributed by atoms with van der Waals surface area (Å²) in [5.41, 5.74) is -0.350. The molecule has 0 aliphatic carbocycles. The van der Waals surface area contributed by atoms with E-state index < -0.39 is 29.7 Å². The third kappa shape index (κ3) is 1.57. The number of aliphatic hydroxyl groups excluding tert-OH is 1. The van der Waals surface area contributed by atoms with Crippen LogP contribution < -0.4 is 4.74 Å². The van der Waals surface area contributed by atoms with E-state index in [9.17, 15) is 20.1 Å². The number of rotatable bonds is 1. The van der Waals surface area contributed by atoms with Gasteiger partial charge < -0.3 is 24.8 Å². The van der Waals surface area contributed by atoms with Crippen LogP contribution in [0.3, 0.4) is 0 Å². The highest BCUT2D eigenvalue weighted by Crippen LogP contribution is 2.50. The summed E-state index contributed by atoms with van der Waals surface area (Å²) in [6, 6.07) is 0. The van der Waals surface area contributed by atoms with Gasteiger partial charge in [-0.15, -0.1) is 0 Å². The molecule has 1 aromatic carbocycles. The van der Waals surface area contributed by atoms with Gasteiger partial charge >= 0.3 is 5.97 Å². The fourth-order valence-electron chi connectivity index (χ4n) is 1.89. The molecule has 1 aliphatic rings. The molecule has 3 N–H and O–H groups in total. The zero-order chi connectivity index (χ0) is 13.6. The predicted octanol–water partition coefficient (Wildman–Crippen LogP) is 1.35. The first-order valence-corrected chi connectivity index (χ1v) is 5.48. The summed E-state index contributed by atoms with van der Waals surface area (Å²) in [5.74, 6) is -2.31. The Labute approximate surface area is 107 Å². The Bertz CT molecular complexity index is 527. The first-order valence-electron chi connectivity index (χ1n) is 5.10. The number of esters is 1. The molecule has 1 aliphatic heterocycles. The van der Waals surface area contributed by atoms with E-state index in [1.165, 1.54) is 14.0 Å². The maximum Gasteiger partial charge on any atom is 0.342 e. The van der Waals surface area contributed by atoms with Crippen molar-refractivity contribution >= 4 is 17.6 Å². The van der Waals surface area contributed by atoms with E-state index in [1.807, 2.05) is 0 Å². The summed E-state index contributed by atoms with van der Waals surface area (Å²) >= 11 is 5.88. The third-order valence-electron chi connectivity index (χ3n) is 2.82. The molecule has 98 valence electrons. The molecule has 0 radical (unpaired) electrons. The maximum absolute atomic E-state index is 11.7. The number of ether oxygens (including phenoxy) is 2. The van der Waals surface area contributed by atoms with Crippen LogP contribution in [0, 0.1) is 0 Å². The van der Waals surface area contributed by atoms with Crippen molar-refractivity contribution in [2.45, 2.75) is 19.1 Å². The number of methoxy groups -OCH3 is 1. The van der Waals surface area contributed by atoms with Crippen molar-refractivity contribution < 1.29 is 29.6 Å². The van der Waals surface area contributed by atoms with Crippen LogP contribution in [-0.4, -0.2) is 34.5 Å². The second-order valence-corrected chi connectivity index (χ2v) is 4.27. The van der Waals surface area contributed by atoms with Gasteiger partial charge in [0.25, 0.3) is 0 Å². The van der Waals surface area contributed by atoms with Crippen molar-refractivity contribution in [3.63, 3.8) is 0 Å². The highest BCUT2D eigenvalue weighted by molar-refractivity contribution is 6.34. The van der Waals surface area contributed by atoms with Crippen molar-refractivity contribution in [3.05, 3.63) is 16.1 Å². The van der Waals surface area contributed by atoms with Crippen molar-refractivity contribution in [2.24, 2.45) is 0 Å². The van der Waals surface area contributed by atoms with Crippen molar-refractivity contribution in [2.75, 3.05) is 7.11 Å². The van der Waals surface area contributed by atoms with Crippen LogP contribution >= 0.6 is 11.6 Å². The number of fused-ring (bicyclic) bond motifs is 1. The van der Waals surface area contributed by atoms with Gasteiger partial charge in [-0.25, -0.2) is 4.79 Å². The molecule has 18 heavy (non-hydrogen) atoms. The standard InChI is InChI=1S/C11H11ClO6/c1-3-7(13)4-5(11(16)18-3)8(14)10(17-2)9(15)6(4)12/h3,7,13-15H,1-2H3/t3-,7+/m0/s1. The van der Waals surface area contributed by atoms with Gasteiger partial charge in [-0.3, -0.25) is 0 Å². The summed E-state index contributed by atoms with van der Waals surface area (Å²) in [6.07, 6.45) is -2.05. The van der Waals surface area contributed by atoms with Crippen LogP contribution in [0.5, 0.6) is 17.2 Å². The molecule has 0 unspecified atom stereocenters. The number of halogens is 1. The first kappa shape index (κ1) is 12.8. The highest BCUT2D eigenvalue weighted by Gasteiger charge is 2.39. The second-order valence-electron chi connectivity index (χ2n) is 3.89. The van der Waals surface area contributed by atoms with Gasteiger partial charge in [-0.1, -0.05) is 11.6 Å². The Kier molecular flexibility index (Phi) is 3.00. The Balaban J connectivity index is 2.82. The second kappa shape index (κ2) is 4.22. The number of aromatic hydroxyl groups is 2. The zero-order valence-corrected chi connectivity index (χ0v) is 10.4. The smallest absolute Gasteiger partial charge is 0.342 e. The molecule has 0 fully saturated rings. The van der Waals surface area contributed by atoms with E-state index in [1.54, 1.807) is 0 Å². The maximum atomic E-state index is 11.7. The van der Waals surface area contributed by atoms with Crippen molar-refractivity contribution in [3.8, 4) is 17.2 Å². The number of cyclic esters (lactones) is 1. The summed E-state index contributed by atoms with van der Waals surface area (Å²) < 4.78 is 9.61. The monoisotopic (exact) mass is 274 g/mol. The molecular weight excluding hydrogens is 264 g/mol. The average molecular weight is 275 g/mol. The van der Waals surface area contributed by atoms with Gasteiger partial charge in [0.05, 0.1) is 12.1 Å². The Hall–Kier alpha value is -1.66. The third-order valence-corrected chi connectivity index (χ3v) is 3.20. The molecule has 0 saturated heterocycles. The van der Waals surface area contributed by atoms with Crippen molar-refractivity contribution in [1.82, 2.24) is 0 Å². The van der Waals surface area contributed by atoms with Gasteiger partial charge in [-0.05, 0) is 6.92 Å². The SMILES string of the molecule is COc1c(O)c(Cl)c2c(c1O)C(=O)O[C@@H](C)[C@H]2O. The van der Waals surface area contributed by atoms with E-state index in [2.05, 4.69) is 0 Å². The van der Waals surface area contributed by atoms with E-state index in [4.69, 9.17) is 21.1 Å². The largest absolute Gasteiger partial charge is 0.504 e. The number of carbonyl (C=O) groups is 1. The lowest BCUT2D eigenvalue weighted by Crippen LogP contribution is -2.30. The molecule has 0 spiro atoms. The Morgan fingerprint density at radius 3 is 2.50 bits per heavy atom. The van der Waals surface area contributed by atoms with E-state index in [0.29, 0.717) is 0 Å². The number of benzene rings is 1. The highest BCUT2D eigenvalue weighted by atomic mass is 35.5. The summed E-state index contributed by atoms with van der Waals surface area (Å²) in [6.45, 7) is 1.47. The molecule has 2 rings (SSSR count). The van der Waals surface area contributed by atoms with Gasteiger partial charge in [0.15, 0.2) is 11.5 Å².